The molecule has 0 aliphatic rings. The van der Waals surface area contributed by atoms with Gasteiger partial charge in [0, 0.05) is 0 Å². The first-order valence-electron chi connectivity index (χ1n) is 6.54. The zero-order valence-electron chi connectivity index (χ0n) is 11.5. The summed E-state index contributed by atoms with van der Waals surface area (Å²) in [6.45, 7) is 3.80. The van der Waals surface area contributed by atoms with Gasteiger partial charge in [0.2, 0.25) is 0 Å². The maximum atomic E-state index is 9.85. The molecule has 3 nitrogen and oxygen atoms in total. The molecule has 104 valence electrons. The molecule has 0 radical (unpaired) electrons. The molecule has 2 aromatic carbocycles. The van der Waals surface area contributed by atoms with E-state index < -0.39 is 0 Å². The van der Waals surface area contributed by atoms with Crippen LogP contribution in [0.15, 0.2) is 61.2 Å². The molecule has 2 N–H and O–H groups in total. The minimum Gasteiger partial charge on any atom is -0.506 e. The number of methoxy groups -OCH3 is 1. The van der Waals surface area contributed by atoms with Crippen LogP contribution in [0.25, 0.3) is 0 Å². The van der Waals surface area contributed by atoms with Crippen LogP contribution in [0.3, 0.4) is 0 Å². The van der Waals surface area contributed by atoms with Crippen molar-refractivity contribution >= 4 is 5.69 Å². The Balaban J connectivity index is 2.22. The molecule has 0 aliphatic carbocycles. The number of aromatic hydroxyl groups is 1. The first-order chi connectivity index (χ1) is 9.74. The van der Waals surface area contributed by atoms with Gasteiger partial charge in [0.25, 0.3) is 0 Å². The van der Waals surface area contributed by atoms with E-state index in [9.17, 15) is 5.11 Å². The molecule has 20 heavy (non-hydrogen) atoms. The van der Waals surface area contributed by atoms with Gasteiger partial charge in [-0.3, -0.25) is 0 Å². The molecule has 0 saturated heterocycles. The van der Waals surface area contributed by atoms with Crippen molar-refractivity contribution in [1.29, 1.82) is 0 Å². The lowest BCUT2D eigenvalue weighted by atomic mass is 10.0. The van der Waals surface area contributed by atoms with Crippen LogP contribution in [0.1, 0.15) is 18.0 Å². The van der Waals surface area contributed by atoms with E-state index in [2.05, 4.69) is 11.9 Å². The molecule has 2 rings (SSSR count). The lowest BCUT2D eigenvalue weighted by Gasteiger charge is -2.20. The number of para-hydroxylation sites is 2. The quantitative estimate of drug-likeness (QED) is 0.612. The van der Waals surface area contributed by atoms with Gasteiger partial charge in [-0.15, -0.1) is 6.58 Å². The van der Waals surface area contributed by atoms with Crippen LogP contribution in [-0.2, 0) is 0 Å². The average molecular weight is 269 g/mol. The smallest absolute Gasteiger partial charge is 0.138 e. The molecule has 0 unspecified atom stereocenters. The molecular formula is C17H19NO2. The number of ether oxygens (including phenoxy) is 1. The minimum absolute atomic E-state index is 0.0618. The maximum Gasteiger partial charge on any atom is 0.138 e. The van der Waals surface area contributed by atoms with Crippen LogP contribution >= 0.6 is 0 Å². The predicted molar refractivity (Wildman–Crippen MR) is 82.3 cm³/mol. The summed E-state index contributed by atoms with van der Waals surface area (Å²) in [5, 5.41) is 13.2. The maximum absolute atomic E-state index is 9.85. The molecule has 0 amide bonds. The minimum atomic E-state index is 0.0618. The second-order valence-corrected chi connectivity index (χ2v) is 4.51. The Hall–Kier alpha value is -2.42. The summed E-state index contributed by atoms with van der Waals surface area (Å²) in [5.74, 6) is 1.07. The van der Waals surface area contributed by atoms with Gasteiger partial charge in [-0.1, -0.05) is 30.3 Å². The molecular weight excluding hydrogens is 250 g/mol. The van der Waals surface area contributed by atoms with Gasteiger partial charge in [0.05, 0.1) is 18.8 Å². The second-order valence-electron chi connectivity index (χ2n) is 4.51. The van der Waals surface area contributed by atoms with Gasteiger partial charge in [-0.2, -0.15) is 0 Å². The normalized spacial score (nSPS) is 11.7. The fraction of sp³-hybridized carbons (Fsp3) is 0.176. The van der Waals surface area contributed by atoms with Crippen molar-refractivity contribution in [2.45, 2.75) is 12.5 Å². The van der Waals surface area contributed by atoms with E-state index in [1.165, 1.54) is 0 Å². The molecule has 0 bridgehead atoms. The van der Waals surface area contributed by atoms with E-state index in [1.807, 2.05) is 42.5 Å². The van der Waals surface area contributed by atoms with Crippen molar-refractivity contribution in [3.8, 4) is 11.5 Å². The summed E-state index contributed by atoms with van der Waals surface area (Å²) >= 11 is 0. The number of anilines is 1. The van der Waals surface area contributed by atoms with E-state index in [0.29, 0.717) is 0 Å². The number of phenols is 1. The summed E-state index contributed by atoms with van der Waals surface area (Å²) in [7, 11) is 1.65. The fourth-order valence-corrected chi connectivity index (χ4v) is 2.06. The standard InChI is InChI=1S/C17H19NO2/c1-3-6-15(13-9-11-14(20-2)12-10-13)18-16-7-4-5-8-17(16)19/h3-5,7-12,15,18-19H,1,6H2,2H3/t15-/m0/s1. The highest BCUT2D eigenvalue weighted by Crippen LogP contribution is 2.29. The first-order valence-corrected chi connectivity index (χ1v) is 6.54. The highest BCUT2D eigenvalue weighted by Gasteiger charge is 2.11. The Bertz CT molecular complexity index is 563. The van der Waals surface area contributed by atoms with E-state index in [4.69, 9.17) is 4.74 Å². The van der Waals surface area contributed by atoms with Crippen LogP contribution in [0.5, 0.6) is 11.5 Å². The summed E-state index contributed by atoms with van der Waals surface area (Å²) in [6, 6.07) is 15.2. The van der Waals surface area contributed by atoms with E-state index in [0.717, 1.165) is 23.4 Å². The van der Waals surface area contributed by atoms with Crippen LogP contribution < -0.4 is 10.1 Å². The Morgan fingerprint density at radius 3 is 2.50 bits per heavy atom. The number of hydrogen-bond acceptors (Lipinski definition) is 3. The first kappa shape index (κ1) is 14.0. The number of nitrogens with one attached hydrogen (secondary N) is 1. The lowest BCUT2D eigenvalue weighted by Crippen LogP contribution is -2.10. The van der Waals surface area contributed by atoms with Gasteiger partial charge in [0.1, 0.15) is 11.5 Å². The molecule has 2 aromatic rings. The van der Waals surface area contributed by atoms with Crippen molar-refractivity contribution in [3.63, 3.8) is 0 Å². The molecule has 0 saturated carbocycles. The lowest BCUT2D eigenvalue weighted by molar-refractivity contribution is 0.414. The van der Waals surface area contributed by atoms with Crippen molar-refractivity contribution in [2.75, 3.05) is 12.4 Å². The van der Waals surface area contributed by atoms with Crippen LogP contribution in [0.2, 0.25) is 0 Å². The van der Waals surface area contributed by atoms with Crippen LogP contribution in [0, 0.1) is 0 Å². The monoisotopic (exact) mass is 269 g/mol. The largest absolute Gasteiger partial charge is 0.506 e. The molecule has 0 aliphatic heterocycles. The van der Waals surface area contributed by atoms with Gasteiger partial charge >= 0.3 is 0 Å². The SMILES string of the molecule is C=CC[C@H](Nc1ccccc1O)c1ccc(OC)cc1. The molecule has 3 heteroatoms. The zero-order valence-corrected chi connectivity index (χ0v) is 11.5. The summed E-state index contributed by atoms with van der Waals surface area (Å²) in [4.78, 5) is 0. The molecule has 0 heterocycles. The van der Waals surface area contributed by atoms with E-state index in [1.54, 1.807) is 19.2 Å². The highest BCUT2D eigenvalue weighted by molar-refractivity contribution is 5.56. The second kappa shape index (κ2) is 6.66. The highest BCUT2D eigenvalue weighted by atomic mass is 16.5. The predicted octanol–water partition coefficient (Wildman–Crippen LogP) is 4.13. The molecule has 0 spiro atoms. The number of benzene rings is 2. The van der Waals surface area contributed by atoms with Gasteiger partial charge in [-0.05, 0) is 36.2 Å². The Morgan fingerprint density at radius 1 is 1.20 bits per heavy atom. The third-order valence-electron chi connectivity index (χ3n) is 3.15. The summed E-state index contributed by atoms with van der Waals surface area (Å²) in [5.41, 5.74) is 1.84. The molecule has 1 atom stereocenters. The third kappa shape index (κ3) is 3.32. The third-order valence-corrected chi connectivity index (χ3v) is 3.15. The van der Waals surface area contributed by atoms with Crippen LogP contribution in [0.4, 0.5) is 5.69 Å². The van der Waals surface area contributed by atoms with Gasteiger partial charge in [0.15, 0.2) is 0 Å². The average Bonchev–Trinajstić information content (AvgIpc) is 2.49. The van der Waals surface area contributed by atoms with Crippen molar-refractivity contribution in [3.05, 3.63) is 66.7 Å². The summed E-state index contributed by atoms with van der Waals surface area (Å²) in [6.07, 6.45) is 2.63. The van der Waals surface area contributed by atoms with Crippen molar-refractivity contribution < 1.29 is 9.84 Å². The molecule has 0 aromatic heterocycles. The number of hydrogen-bond donors (Lipinski definition) is 2. The van der Waals surface area contributed by atoms with Gasteiger partial charge in [-0.25, -0.2) is 0 Å². The Morgan fingerprint density at radius 2 is 1.90 bits per heavy atom. The van der Waals surface area contributed by atoms with Crippen molar-refractivity contribution in [1.82, 2.24) is 0 Å². The Labute approximate surface area is 119 Å². The topological polar surface area (TPSA) is 41.5 Å². The molecule has 0 fully saturated rings. The summed E-state index contributed by atoms with van der Waals surface area (Å²) < 4.78 is 5.17. The van der Waals surface area contributed by atoms with Gasteiger partial charge < -0.3 is 15.2 Å². The van der Waals surface area contributed by atoms with E-state index in [-0.39, 0.29) is 11.8 Å². The zero-order chi connectivity index (χ0) is 14.4. The number of phenolic OH excluding ortho intramolecular Hbond substituents is 1. The fourth-order valence-electron chi connectivity index (χ4n) is 2.06. The van der Waals surface area contributed by atoms with Crippen LogP contribution in [-0.4, -0.2) is 12.2 Å². The van der Waals surface area contributed by atoms with Crippen molar-refractivity contribution in [2.24, 2.45) is 0 Å². The number of rotatable bonds is 6. The Kier molecular flexibility index (Phi) is 4.66. The van der Waals surface area contributed by atoms with E-state index >= 15 is 0 Å².